The Labute approximate surface area is 165 Å². The molecule has 5 rings (SSSR count). The van der Waals surface area contributed by atoms with Gasteiger partial charge in [0.1, 0.15) is 17.0 Å². The van der Waals surface area contributed by atoms with Gasteiger partial charge in [-0.15, -0.1) is 11.3 Å². The Morgan fingerprint density at radius 3 is 2.36 bits per heavy atom. The number of rotatable bonds is 2. The van der Waals surface area contributed by atoms with Crippen LogP contribution in [0.1, 0.15) is 42.3 Å². The van der Waals surface area contributed by atoms with E-state index >= 15 is 0 Å². The lowest BCUT2D eigenvalue weighted by molar-refractivity contribution is 0.0979. The fourth-order valence-electron chi connectivity index (χ4n) is 3.65. The Morgan fingerprint density at radius 1 is 0.857 bits per heavy atom. The molecule has 1 aliphatic carbocycles. The molecular formula is C22H15N3O2S. The Kier molecular flexibility index (Phi) is 3.64. The summed E-state index contributed by atoms with van der Waals surface area (Å²) < 4.78 is 0. The van der Waals surface area contributed by atoms with E-state index in [2.05, 4.69) is 22.2 Å². The number of benzene rings is 2. The zero-order valence-electron chi connectivity index (χ0n) is 15.2. The fourth-order valence-corrected chi connectivity index (χ4v) is 4.65. The van der Waals surface area contributed by atoms with Crippen molar-refractivity contribution in [2.24, 2.45) is 0 Å². The summed E-state index contributed by atoms with van der Waals surface area (Å²) in [6.07, 6.45) is 1.51. The average molecular weight is 385 g/mol. The van der Waals surface area contributed by atoms with Crippen LogP contribution in [0.4, 0.5) is 11.5 Å². The molecule has 0 aliphatic heterocycles. The minimum Gasteiger partial charge on any atom is -0.339 e. The summed E-state index contributed by atoms with van der Waals surface area (Å²) in [6.45, 7) is 4.09. The molecule has 0 bridgehead atoms. The lowest BCUT2D eigenvalue weighted by Crippen LogP contribution is -2.22. The van der Waals surface area contributed by atoms with Gasteiger partial charge in [-0.25, -0.2) is 9.97 Å². The van der Waals surface area contributed by atoms with Gasteiger partial charge in [0.15, 0.2) is 11.6 Å². The Balaban J connectivity index is 1.69. The molecule has 5 nitrogen and oxygen atoms in total. The van der Waals surface area contributed by atoms with Crippen LogP contribution in [0.5, 0.6) is 0 Å². The number of thiophene rings is 1. The molecular weight excluding hydrogens is 370 g/mol. The molecule has 0 saturated heterocycles. The van der Waals surface area contributed by atoms with Gasteiger partial charge in [0.25, 0.3) is 0 Å². The monoisotopic (exact) mass is 385 g/mol. The SMILES string of the molecule is Cc1sc2ncnc(Nc3cccc4c3C(=O)c3ccccc3C4=O)c2c1C. The zero-order valence-corrected chi connectivity index (χ0v) is 16.1. The lowest BCUT2D eigenvalue weighted by atomic mass is 9.83. The Hall–Kier alpha value is -3.38. The summed E-state index contributed by atoms with van der Waals surface area (Å²) in [7, 11) is 0. The number of carbonyl (C=O) groups is 2. The molecule has 0 fully saturated rings. The summed E-state index contributed by atoms with van der Waals surface area (Å²) in [5.74, 6) is 0.348. The van der Waals surface area contributed by atoms with E-state index in [9.17, 15) is 9.59 Å². The number of nitrogens with one attached hydrogen (secondary N) is 1. The smallest absolute Gasteiger partial charge is 0.196 e. The van der Waals surface area contributed by atoms with Crippen LogP contribution in [0, 0.1) is 13.8 Å². The fraction of sp³-hybridized carbons (Fsp3) is 0.0909. The van der Waals surface area contributed by atoms with Crippen molar-refractivity contribution in [1.82, 2.24) is 9.97 Å². The highest BCUT2D eigenvalue weighted by atomic mass is 32.1. The lowest BCUT2D eigenvalue weighted by Gasteiger charge is -2.20. The third kappa shape index (κ3) is 2.31. The first-order valence-electron chi connectivity index (χ1n) is 8.85. The maximum atomic E-state index is 13.2. The van der Waals surface area contributed by atoms with Crippen molar-refractivity contribution in [3.8, 4) is 0 Å². The topological polar surface area (TPSA) is 72.0 Å². The van der Waals surface area contributed by atoms with Crippen LogP contribution < -0.4 is 5.32 Å². The largest absolute Gasteiger partial charge is 0.339 e. The van der Waals surface area contributed by atoms with Gasteiger partial charge in [0.2, 0.25) is 0 Å². The van der Waals surface area contributed by atoms with Gasteiger partial charge in [0.05, 0.1) is 16.6 Å². The number of aromatic nitrogens is 2. The van der Waals surface area contributed by atoms with Crippen LogP contribution in [0.15, 0.2) is 48.8 Å². The highest BCUT2D eigenvalue weighted by Crippen LogP contribution is 2.37. The molecule has 2 aromatic carbocycles. The van der Waals surface area contributed by atoms with E-state index in [1.165, 1.54) is 11.2 Å². The minimum atomic E-state index is -0.156. The molecule has 4 aromatic rings. The van der Waals surface area contributed by atoms with Crippen LogP contribution in [0.25, 0.3) is 10.2 Å². The van der Waals surface area contributed by atoms with Crippen molar-refractivity contribution in [2.45, 2.75) is 13.8 Å². The van der Waals surface area contributed by atoms with Crippen LogP contribution in [0.3, 0.4) is 0 Å². The molecule has 2 aromatic heterocycles. The maximum Gasteiger partial charge on any atom is 0.196 e. The molecule has 0 spiro atoms. The van der Waals surface area contributed by atoms with Crippen molar-refractivity contribution >= 4 is 44.6 Å². The second-order valence-electron chi connectivity index (χ2n) is 6.74. The third-order valence-corrected chi connectivity index (χ3v) is 6.29. The van der Waals surface area contributed by atoms with E-state index in [1.54, 1.807) is 53.8 Å². The number of fused-ring (bicyclic) bond motifs is 3. The number of carbonyl (C=O) groups excluding carboxylic acids is 2. The van der Waals surface area contributed by atoms with Crippen LogP contribution >= 0.6 is 11.3 Å². The Bertz CT molecular complexity index is 1310. The first-order valence-corrected chi connectivity index (χ1v) is 9.67. The Morgan fingerprint density at radius 2 is 1.57 bits per heavy atom. The summed E-state index contributed by atoms with van der Waals surface area (Å²) in [6, 6.07) is 12.2. The molecule has 0 atom stereocenters. The second-order valence-corrected chi connectivity index (χ2v) is 7.95. The average Bonchev–Trinajstić information content (AvgIpc) is 3.01. The van der Waals surface area contributed by atoms with E-state index in [0.717, 1.165) is 15.8 Å². The molecule has 1 N–H and O–H groups in total. The van der Waals surface area contributed by atoms with Crippen LogP contribution in [-0.4, -0.2) is 21.5 Å². The standard InChI is InChI=1S/C22H15N3O2S/c1-11-12(2)28-22-17(11)21(23-10-24-22)25-16-9-5-8-15-18(16)20(27)14-7-4-3-6-13(14)19(15)26/h3-10H,1-2H3,(H,23,24,25). The summed E-state index contributed by atoms with van der Waals surface area (Å²) in [5, 5.41) is 4.24. The van der Waals surface area contributed by atoms with Gasteiger partial charge in [-0.3, -0.25) is 9.59 Å². The van der Waals surface area contributed by atoms with Crippen molar-refractivity contribution in [3.63, 3.8) is 0 Å². The molecule has 0 amide bonds. The van der Waals surface area contributed by atoms with Crippen LogP contribution in [0.2, 0.25) is 0 Å². The second kappa shape index (κ2) is 6.07. The maximum absolute atomic E-state index is 13.2. The molecule has 28 heavy (non-hydrogen) atoms. The summed E-state index contributed by atoms with van der Waals surface area (Å²) in [5.41, 5.74) is 3.38. The molecule has 0 radical (unpaired) electrons. The van der Waals surface area contributed by atoms with Gasteiger partial charge < -0.3 is 5.32 Å². The van der Waals surface area contributed by atoms with Gasteiger partial charge in [-0.1, -0.05) is 36.4 Å². The van der Waals surface area contributed by atoms with Gasteiger partial charge in [0, 0.05) is 21.6 Å². The molecule has 1 aliphatic rings. The first kappa shape index (κ1) is 16.8. The van der Waals surface area contributed by atoms with Gasteiger partial charge in [-0.2, -0.15) is 0 Å². The quantitative estimate of drug-likeness (QED) is 0.471. The predicted molar refractivity (Wildman–Crippen MR) is 110 cm³/mol. The summed E-state index contributed by atoms with van der Waals surface area (Å²) >= 11 is 1.61. The molecule has 0 unspecified atom stereocenters. The number of aryl methyl sites for hydroxylation is 2. The van der Waals surface area contributed by atoms with Gasteiger partial charge in [-0.05, 0) is 25.5 Å². The van der Waals surface area contributed by atoms with Crippen molar-refractivity contribution < 1.29 is 9.59 Å². The number of hydrogen-bond donors (Lipinski definition) is 1. The highest BCUT2D eigenvalue weighted by molar-refractivity contribution is 7.18. The first-order chi connectivity index (χ1) is 13.6. The van der Waals surface area contributed by atoms with Gasteiger partial charge >= 0.3 is 0 Å². The molecule has 2 heterocycles. The number of anilines is 2. The van der Waals surface area contributed by atoms with E-state index in [0.29, 0.717) is 33.8 Å². The number of ketones is 2. The summed E-state index contributed by atoms with van der Waals surface area (Å²) in [4.78, 5) is 36.9. The number of hydrogen-bond acceptors (Lipinski definition) is 6. The minimum absolute atomic E-state index is 0.135. The van der Waals surface area contributed by atoms with E-state index in [1.807, 2.05) is 6.92 Å². The molecule has 0 saturated carbocycles. The predicted octanol–water partition coefficient (Wildman–Crippen LogP) is 4.83. The van der Waals surface area contributed by atoms with E-state index in [-0.39, 0.29) is 11.6 Å². The van der Waals surface area contributed by atoms with E-state index in [4.69, 9.17) is 0 Å². The third-order valence-electron chi connectivity index (χ3n) is 5.17. The van der Waals surface area contributed by atoms with Crippen molar-refractivity contribution in [2.75, 3.05) is 5.32 Å². The van der Waals surface area contributed by atoms with E-state index < -0.39 is 0 Å². The zero-order chi connectivity index (χ0) is 19.4. The van der Waals surface area contributed by atoms with Crippen molar-refractivity contribution in [3.05, 3.63) is 81.5 Å². The molecule has 136 valence electrons. The van der Waals surface area contributed by atoms with Crippen molar-refractivity contribution in [1.29, 1.82) is 0 Å². The number of nitrogens with zero attached hydrogens (tertiary/aromatic N) is 2. The normalized spacial score (nSPS) is 12.8. The highest BCUT2D eigenvalue weighted by Gasteiger charge is 2.31. The molecule has 6 heteroatoms. The van der Waals surface area contributed by atoms with Crippen LogP contribution in [-0.2, 0) is 0 Å².